The van der Waals surface area contributed by atoms with Gasteiger partial charge in [0.05, 0.1) is 52.3 Å². The van der Waals surface area contributed by atoms with Gasteiger partial charge in [-0.3, -0.25) is 23.3 Å². The van der Waals surface area contributed by atoms with Crippen LogP contribution in [-0.4, -0.2) is 86.1 Å². The fourth-order valence-corrected chi connectivity index (χ4v) is 10.2. The molecule has 1 atom stereocenters. The number of halogens is 4. The number of benzene rings is 5. The Morgan fingerprint density at radius 1 is 0.944 bits per heavy atom. The number of hydrogen-bond donors (Lipinski definition) is 2. The zero-order valence-corrected chi connectivity index (χ0v) is 41.9. The predicted octanol–water partition coefficient (Wildman–Crippen LogP) is 12.1. The van der Waals surface area contributed by atoms with Crippen LogP contribution >= 0.6 is 23.4 Å². The lowest BCUT2D eigenvalue weighted by Gasteiger charge is -2.13. The quantitative estimate of drug-likeness (QED) is 0.122. The topological polar surface area (TPSA) is 140 Å². The van der Waals surface area contributed by atoms with Crippen molar-refractivity contribution in [3.05, 3.63) is 183 Å². The summed E-state index contributed by atoms with van der Waals surface area (Å²) in [6.45, 7) is 3.04. The Morgan fingerprint density at radius 3 is 2.35 bits per heavy atom. The van der Waals surface area contributed by atoms with Crippen LogP contribution in [0.2, 0.25) is 5.02 Å². The number of para-hydroxylation sites is 2. The molecular formula is C54H51ClF3N5O6S2. The number of methoxy groups -OCH3 is 1. The van der Waals surface area contributed by atoms with Crippen LogP contribution in [0.3, 0.4) is 0 Å². The minimum absolute atomic E-state index is 0.0227. The van der Waals surface area contributed by atoms with E-state index in [0.717, 1.165) is 24.2 Å². The highest BCUT2D eigenvalue weighted by atomic mass is 35.5. The number of nitrogens with one attached hydrogen (secondary N) is 1. The molecule has 71 heavy (non-hydrogen) atoms. The summed E-state index contributed by atoms with van der Waals surface area (Å²) in [4.78, 5) is 39.2. The molecule has 17 heteroatoms. The number of aliphatic carboxylic acids is 1. The van der Waals surface area contributed by atoms with E-state index in [-0.39, 0.29) is 23.8 Å². The molecule has 1 aliphatic heterocycles. The number of nitrogens with zero attached hydrogens (tertiary/aromatic N) is 4. The van der Waals surface area contributed by atoms with Gasteiger partial charge >= 0.3 is 12.1 Å². The first-order chi connectivity index (χ1) is 34.0. The Hall–Kier alpha value is -6.72. The van der Waals surface area contributed by atoms with Gasteiger partial charge in [-0.05, 0) is 129 Å². The summed E-state index contributed by atoms with van der Waals surface area (Å²) >= 11 is 7.83. The zero-order valence-electron chi connectivity index (χ0n) is 39.6. The van der Waals surface area contributed by atoms with Gasteiger partial charge in [0, 0.05) is 50.6 Å². The number of alkyl halides is 3. The van der Waals surface area contributed by atoms with Gasteiger partial charge in [0.25, 0.3) is 5.91 Å². The van der Waals surface area contributed by atoms with Crippen LogP contribution in [0.25, 0.3) is 27.5 Å². The van der Waals surface area contributed by atoms with Gasteiger partial charge < -0.3 is 24.5 Å². The van der Waals surface area contributed by atoms with E-state index in [9.17, 15) is 32.1 Å². The number of imidazole rings is 1. The third kappa shape index (κ3) is 13.2. The molecule has 2 N–H and O–H groups in total. The molecule has 0 radical (unpaired) electrons. The maximum absolute atomic E-state index is 13.0. The van der Waals surface area contributed by atoms with Gasteiger partial charge in [-0.2, -0.15) is 13.2 Å². The van der Waals surface area contributed by atoms with Crippen molar-refractivity contribution in [2.45, 2.75) is 54.4 Å². The van der Waals surface area contributed by atoms with Crippen molar-refractivity contribution in [1.82, 2.24) is 24.4 Å². The number of hydrogen-bond acceptors (Lipinski definition) is 9. The summed E-state index contributed by atoms with van der Waals surface area (Å²) in [6.07, 6.45) is 0.229. The van der Waals surface area contributed by atoms with Crippen LogP contribution in [0.15, 0.2) is 144 Å². The molecule has 0 amide bonds. The summed E-state index contributed by atoms with van der Waals surface area (Å²) in [6, 6.07) is 38.1. The maximum atomic E-state index is 13.0. The zero-order chi connectivity index (χ0) is 50.8. The molecule has 1 unspecified atom stereocenters. The first-order valence-corrected chi connectivity index (χ1v) is 25.0. The van der Waals surface area contributed by atoms with Gasteiger partial charge in [-0.15, -0.1) is 11.8 Å². The molecule has 5 aromatic carbocycles. The van der Waals surface area contributed by atoms with E-state index in [0.29, 0.717) is 60.4 Å². The number of aromatic amines is 1. The Morgan fingerprint density at radius 2 is 1.65 bits per heavy atom. The second kappa shape index (κ2) is 23.5. The number of aromatic nitrogens is 4. The Kier molecular flexibility index (Phi) is 17.2. The van der Waals surface area contributed by atoms with E-state index < -0.39 is 29.6 Å². The smallest absolute Gasteiger partial charge is 0.422 e. The SMILES string of the molecule is CN(C)CC/C=C1/c2ccccc2CSc2ccccc21.COc1ccc2c(c1)c(CC(=O)O)c(C)n2C(=O)c1ccc(Cl)cc1.Cc1c(OCC(F)(F)F)ccnc1CS(=O)c1nc2ccccc2[nH]1. The second-order valence-corrected chi connectivity index (χ2v) is 19.5. The number of rotatable bonds is 12. The number of H-pyrrole nitrogens is 1. The normalized spacial score (nSPS) is 13.1. The first-order valence-electron chi connectivity index (χ1n) is 22.3. The Bertz CT molecular complexity index is 3160. The monoisotopic (exact) mass is 1020 g/mol. The molecule has 0 spiro atoms. The summed E-state index contributed by atoms with van der Waals surface area (Å²) < 4.78 is 61.0. The second-order valence-electron chi connectivity index (χ2n) is 16.7. The molecule has 9 rings (SSSR count). The molecule has 0 fully saturated rings. The number of thioether (sulfide) groups is 1. The van der Waals surface area contributed by atoms with Crippen LogP contribution in [0.1, 0.15) is 56.0 Å². The molecule has 3 aromatic heterocycles. The first kappa shape index (κ1) is 52.1. The summed E-state index contributed by atoms with van der Waals surface area (Å²) in [7, 11) is 4.29. The number of fused-ring (bicyclic) bond motifs is 4. The van der Waals surface area contributed by atoms with Crippen molar-refractivity contribution in [3.8, 4) is 11.5 Å². The van der Waals surface area contributed by atoms with Crippen LogP contribution in [0.4, 0.5) is 13.2 Å². The predicted molar refractivity (Wildman–Crippen MR) is 275 cm³/mol. The van der Waals surface area contributed by atoms with Crippen molar-refractivity contribution in [2.24, 2.45) is 0 Å². The lowest BCUT2D eigenvalue weighted by molar-refractivity contribution is -0.153. The van der Waals surface area contributed by atoms with E-state index in [2.05, 4.69) is 88.6 Å². The highest BCUT2D eigenvalue weighted by Gasteiger charge is 2.29. The van der Waals surface area contributed by atoms with Crippen molar-refractivity contribution in [3.63, 3.8) is 0 Å². The van der Waals surface area contributed by atoms with E-state index in [1.807, 2.05) is 30.0 Å². The molecule has 0 bridgehead atoms. The fraction of sp³-hybridized carbons (Fsp3) is 0.222. The molecule has 0 saturated heterocycles. The van der Waals surface area contributed by atoms with Gasteiger partial charge in [0.15, 0.2) is 11.8 Å². The van der Waals surface area contributed by atoms with Crippen molar-refractivity contribution < 1.29 is 41.5 Å². The lowest BCUT2D eigenvalue weighted by Crippen LogP contribution is -2.19. The van der Waals surface area contributed by atoms with E-state index in [1.165, 1.54) is 44.0 Å². The average Bonchev–Trinajstić information content (AvgIpc) is 3.85. The molecule has 368 valence electrons. The van der Waals surface area contributed by atoms with Gasteiger partial charge in [-0.1, -0.05) is 72.3 Å². The summed E-state index contributed by atoms with van der Waals surface area (Å²) in [5.74, 6) is 0.566. The van der Waals surface area contributed by atoms with Crippen LogP contribution in [0.5, 0.6) is 11.5 Å². The highest BCUT2D eigenvalue weighted by Crippen LogP contribution is 2.40. The van der Waals surface area contributed by atoms with Crippen molar-refractivity contribution >= 4 is 73.5 Å². The number of carboxylic acid groups (broad SMARTS) is 1. The highest BCUT2D eigenvalue weighted by molar-refractivity contribution is 7.98. The third-order valence-corrected chi connectivity index (χ3v) is 14.0. The minimum atomic E-state index is -4.42. The molecule has 8 aromatic rings. The van der Waals surface area contributed by atoms with Gasteiger partial charge in [-0.25, -0.2) is 4.98 Å². The Labute approximate surface area is 421 Å². The average molecular weight is 1020 g/mol. The largest absolute Gasteiger partial charge is 0.497 e. The molecule has 11 nitrogen and oxygen atoms in total. The lowest BCUT2D eigenvalue weighted by atomic mass is 9.93. The van der Waals surface area contributed by atoms with Crippen molar-refractivity contribution in [2.75, 3.05) is 34.4 Å². The van der Waals surface area contributed by atoms with E-state index in [4.69, 9.17) is 21.1 Å². The van der Waals surface area contributed by atoms with Crippen LogP contribution in [-0.2, 0) is 33.5 Å². The molecule has 4 heterocycles. The number of carboxylic acids is 1. The van der Waals surface area contributed by atoms with E-state index in [1.54, 1.807) is 69.5 Å². The number of carbonyl (C=O) groups excluding carboxylic acids is 1. The number of pyridine rings is 1. The fourth-order valence-electron chi connectivity index (χ4n) is 7.91. The number of ether oxygens (including phenoxy) is 2. The minimum Gasteiger partial charge on any atom is -0.497 e. The van der Waals surface area contributed by atoms with Crippen LogP contribution < -0.4 is 9.47 Å². The van der Waals surface area contributed by atoms with Gasteiger partial charge in [0.2, 0.25) is 0 Å². The molecular weight excluding hydrogens is 971 g/mol. The molecule has 0 saturated carbocycles. The van der Waals surface area contributed by atoms with Gasteiger partial charge in [0.1, 0.15) is 11.5 Å². The maximum Gasteiger partial charge on any atom is 0.422 e. The molecule has 1 aliphatic rings. The standard InChI is InChI=1S/C19H16ClNO4.C19H21NS.C16H14F3N3O2S/c1-11-15(10-18(22)23)16-9-14(25-2)7-8-17(16)21(11)19(24)12-3-5-13(20)6-4-12;1-20(2)13-7-11-17-16-9-4-3-8-15(16)14-21-19-12-6-5-10-18(17)19;1-10-13(20-7-6-14(10)24-9-16(17,18)19)8-25(23)15-21-11-4-2-3-5-12(11)22-15/h3-9H,10H2,1-2H3,(H,22,23);3-6,8-12H,7,13-14H2,1-2H3;2-7H,8-9H2,1H3,(H,21,22)/b;17-11-;. The van der Waals surface area contributed by atoms with E-state index >= 15 is 0 Å². The molecule has 0 aliphatic carbocycles. The van der Waals surface area contributed by atoms with Crippen molar-refractivity contribution in [1.29, 1.82) is 0 Å². The number of carbonyl (C=O) groups is 2. The Balaban J connectivity index is 0.000000157. The summed E-state index contributed by atoms with van der Waals surface area (Å²) in [5, 5.41) is 10.8. The van der Waals surface area contributed by atoms with Crippen LogP contribution in [0, 0.1) is 13.8 Å². The third-order valence-electron chi connectivity index (χ3n) is 11.5. The summed E-state index contributed by atoms with van der Waals surface area (Å²) in [5.41, 5.74) is 10.2.